The fourth-order valence-corrected chi connectivity index (χ4v) is 2.85. The number of benzene rings is 2. The molecule has 7 nitrogen and oxygen atoms in total. The van der Waals surface area contributed by atoms with Crippen molar-refractivity contribution >= 4 is 40.5 Å². The molecule has 0 aliphatic heterocycles. The molecule has 0 bridgehead atoms. The maximum Gasteiger partial charge on any atom is 0.243 e. The molecular weight excluding hydrogens is 404 g/mol. The smallest absolute Gasteiger partial charge is 0.243 e. The molecular formula is C25H34N4O3. The molecule has 2 aromatic carbocycles. The van der Waals surface area contributed by atoms with Gasteiger partial charge in [0.2, 0.25) is 17.7 Å². The predicted molar refractivity (Wildman–Crippen MR) is 131 cm³/mol. The predicted octanol–water partition coefficient (Wildman–Crippen LogP) is 5.24. The Hall–Kier alpha value is -3.35. The molecule has 2 rings (SSSR count). The zero-order valence-corrected chi connectivity index (χ0v) is 19.4. The number of rotatable bonds is 10. The van der Waals surface area contributed by atoms with E-state index in [2.05, 4.69) is 28.2 Å². The lowest BCUT2D eigenvalue weighted by molar-refractivity contribution is -0.123. The van der Waals surface area contributed by atoms with E-state index in [1.165, 1.54) is 0 Å². The Kier molecular flexibility index (Phi) is 9.25. The van der Waals surface area contributed by atoms with E-state index in [4.69, 9.17) is 0 Å². The number of hydrogen-bond acceptors (Lipinski definition) is 4. The molecule has 0 saturated carbocycles. The molecule has 0 fully saturated rings. The molecule has 0 unspecified atom stereocenters. The number of unbranched alkanes of at least 4 members (excludes halogenated alkanes) is 2. The van der Waals surface area contributed by atoms with Gasteiger partial charge in [0.1, 0.15) is 0 Å². The van der Waals surface area contributed by atoms with Crippen LogP contribution in [0, 0.1) is 5.41 Å². The van der Waals surface area contributed by atoms with Crippen molar-refractivity contribution in [3.8, 4) is 0 Å². The van der Waals surface area contributed by atoms with Crippen molar-refractivity contribution in [1.82, 2.24) is 0 Å². The largest absolute Gasteiger partial charge is 0.376 e. The van der Waals surface area contributed by atoms with Gasteiger partial charge in [0.15, 0.2) is 0 Å². The topological polar surface area (TPSA) is 99.3 Å². The third-order valence-corrected chi connectivity index (χ3v) is 4.69. The number of anilines is 4. The lowest BCUT2D eigenvalue weighted by Gasteiger charge is -2.18. The van der Waals surface area contributed by atoms with E-state index in [-0.39, 0.29) is 24.3 Å². The van der Waals surface area contributed by atoms with Crippen molar-refractivity contribution in [2.75, 3.05) is 27.8 Å². The van der Waals surface area contributed by atoms with Crippen molar-refractivity contribution in [1.29, 1.82) is 0 Å². The molecule has 172 valence electrons. The molecule has 0 saturated heterocycles. The highest BCUT2D eigenvalue weighted by molar-refractivity contribution is 5.97. The summed E-state index contributed by atoms with van der Waals surface area (Å²) < 4.78 is 0. The average molecular weight is 439 g/mol. The van der Waals surface area contributed by atoms with Crippen LogP contribution < -0.4 is 21.3 Å². The van der Waals surface area contributed by atoms with Crippen molar-refractivity contribution in [3.63, 3.8) is 0 Å². The third-order valence-electron chi connectivity index (χ3n) is 4.69. The molecule has 0 radical (unpaired) electrons. The van der Waals surface area contributed by atoms with Gasteiger partial charge in [-0.05, 0) is 42.8 Å². The van der Waals surface area contributed by atoms with E-state index >= 15 is 0 Å². The number of amides is 3. The van der Waals surface area contributed by atoms with Gasteiger partial charge in [-0.3, -0.25) is 14.4 Å². The van der Waals surface area contributed by atoms with Crippen molar-refractivity contribution in [2.24, 2.45) is 5.41 Å². The van der Waals surface area contributed by atoms with Crippen LogP contribution in [0.25, 0.3) is 0 Å². The first-order valence-corrected chi connectivity index (χ1v) is 11.0. The Labute approximate surface area is 190 Å². The van der Waals surface area contributed by atoms with E-state index in [9.17, 15) is 14.4 Å². The first-order chi connectivity index (χ1) is 15.2. The highest BCUT2D eigenvalue weighted by Gasteiger charge is 2.21. The van der Waals surface area contributed by atoms with Crippen LogP contribution in [0.1, 0.15) is 53.4 Å². The van der Waals surface area contributed by atoms with Crippen LogP contribution in [0.2, 0.25) is 0 Å². The first kappa shape index (κ1) is 24.9. The Morgan fingerprint density at radius 3 is 1.88 bits per heavy atom. The molecule has 0 atom stereocenters. The molecule has 0 aliphatic rings. The zero-order chi connectivity index (χ0) is 23.6. The standard InChI is InChI=1S/C25H34N4O3/c1-5-6-7-14-22(30)27-19-11-8-10-18(15-19)26-17-23(31)28-20-12-9-13-21(16-20)29-24(32)25(2,3)4/h8-13,15-16,26H,5-7,14,17H2,1-4H3,(H,27,30)(H,28,31)(H,29,32). The van der Waals surface area contributed by atoms with Gasteiger partial charge in [0, 0.05) is 34.6 Å². The van der Waals surface area contributed by atoms with Crippen LogP contribution in [0.15, 0.2) is 48.5 Å². The quantitative estimate of drug-likeness (QED) is 0.381. The van der Waals surface area contributed by atoms with Gasteiger partial charge in [-0.25, -0.2) is 0 Å². The molecule has 7 heteroatoms. The Morgan fingerprint density at radius 1 is 0.750 bits per heavy atom. The highest BCUT2D eigenvalue weighted by atomic mass is 16.2. The Balaban J connectivity index is 1.86. The lowest BCUT2D eigenvalue weighted by atomic mass is 9.95. The van der Waals surface area contributed by atoms with Gasteiger partial charge in [-0.2, -0.15) is 0 Å². The summed E-state index contributed by atoms with van der Waals surface area (Å²) in [5.74, 6) is -0.329. The van der Waals surface area contributed by atoms with Gasteiger partial charge >= 0.3 is 0 Å². The average Bonchev–Trinajstić information content (AvgIpc) is 2.72. The summed E-state index contributed by atoms with van der Waals surface area (Å²) in [7, 11) is 0. The fourth-order valence-electron chi connectivity index (χ4n) is 2.85. The molecule has 32 heavy (non-hydrogen) atoms. The summed E-state index contributed by atoms with van der Waals surface area (Å²) >= 11 is 0. The van der Waals surface area contributed by atoms with Gasteiger partial charge in [0.25, 0.3) is 0 Å². The van der Waals surface area contributed by atoms with Crippen molar-refractivity contribution < 1.29 is 14.4 Å². The molecule has 0 aromatic heterocycles. The van der Waals surface area contributed by atoms with E-state index < -0.39 is 5.41 Å². The summed E-state index contributed by atoms with van der Waals surface area (Å²) in [6, 6.07) is 14.3. The summed E-state index contributed by atoms with van der Waals surface area (Å²) in [6.07, 6.45) is 3.49. The number of carbonyl (C=O) groups excluding carboxylic acids is 3. The lowest BCUT2D eigenvalue weighted by Crippen LogP contribution is -2.27. The Morgan fingerprint density at radius 2 is 1.28 bits per heavy atom. The zero-order valence-electron chi connectivity index (χ0n) is 19.4. The summed E-state index contributed by atoms with van der Waals surface area (Å²) in [4.78, 5) is 36.5. The molecule has 2 aromatic rings. The second kappa shape index (κ2) is 11.9. The van der Waals surface area contributed by atoms with Crippen LogP contribution in [-0.2, 0) is 14.4 Å². The summed E-state index contributed by atoms with van der Waals surface area (Å²) in [5, 5.41) is 11.6. The normalized spacial score (nSPS) is 10.9. The van der Waals surface area contributed by atoms with Gasteiger partial charge in [0.05, 0.1) is 6.54 Å². The van der Waals surface area contributed by atoms with E-state index in [0.717, 1.165) is 24.9 Å². The summed E-state index contributed by atoms with van der Waals surface area (Å²) in [5.41, 5.74) is 2.14. The first-order valence-electron chi connectivity index (χ1n) is 11.0. The van der Waals surface area contributed by atoms with E-state index in [0.29, 0.717) is 23.5 Å². The molecule has 0 heterocycles. The Bertz CT molecular complexity index is 935. The highest BCUT2D eigenvalue weighted by Crippen LogP contribution is 2.20. The van der Waals surface area contributed by atoms with Gasteiger partial charge in [-0.15, -0.1) is 0 Å². The minimum absolute atomic E-state index is 0.00761. The molecule has 0 aliphatic carbocycles. The second-order valence-corrected chi connectivity index (χ2v) is 8.77. The molecule has 4 N–H and O–H groups in total. The van der Waals surface area contributed by atoms with Crippen LogP contribution in [0.3, 0.4) is 0 Å². The minimum Gasteiger partial charge on any atom is -0.376 e. The molecule has 0 spiro atoms. The van der Waals surface area contributed by atoms with Crippen molar-refractivity contribution in [2.45, 2.75) is 53.4 Å². The fraction of sp³-hybridized carbons (Fsp3) is 0.400. The maximum atomic E-state index is 12.4. The van der Waals surface area contributed by atoms with E-state index in [1.54, 1.807) is 30.3 Å². The van der Waals surface area contributed by atoms with Crippen LogP contribution in [0.5, 0.6) is 0 Å². The third kappa shape index (κ3) is 8.79. The SMILES string of the molecule is CCCCCC(=O)Nc1cccc(NCC(=O)Nc2cccc(NC(=O)C(C)(C)C)c2)c1. The minimum atomic E-state index is -0.507. The van der Waals surface area contributed by atoms with E-state index in [1.807, 2.05) is 39.0 Å². The monoisotopic (exact) mass is 438 g/mol. The number of nitrogens with one attached hydrogen (secondary N) is 4. The van der Waals surface area contributed by atoms with Gasteiger partial charge in [-0.1, -0.05) is 52.7 Å². The van der Waals surface area contributed by atoms with Crippen LogP contribution in [0.4, 0.5) is 22.7 Å². The number of carbonyl (C=O) groups is 3. The second-order valence-electron chi connectivity index (χ2n) is 8.77. The number of hydrogen-bond donors (Lipinski definition) is 4. The van der Waals surface area contributed by atoms with Crippen LogP contribution in [-0.4, -0.2) is 24.3 Å². The summed E-state index contributed by atoms with van der Waals surface area (Å²) in [6.45, 7) is 7.68. The van der Waals surface area contributed by atoms with Gasteiger partial charge < -0.3 is 21.3 Å². The maximum absolute atomic E-state index is 12.4. The molecule has 3 amide bonds. The van der Waals surface area contributed by atoms with Crippen molar-refractivity contribution in [3.05, 3.63) is 48.5 Å². The van der Waals surface area contributed by atoms with Crippen LogP contribution >= 0.6 is 0 Å².